The normalized spacial score (nSPS) is 11.5. The van der Waals surface area contributed by atoms with Crippen molar-refractivity contribution in [1.29, 1.82) is 0 Å². The van der Waals surface area contributed by atoms with Crippen molar-refractivity contribution in [2.24, 2.45) is 0 Å². The summed E-state index contributed by atoms with van der Waals surface area (Å²) in [5.41, 5.74) is 0.782. The smallest absolute Gasteiger partial charge is 0.225 e. The lowest BCUT2D eigenvalue weighted by Crippen LogP contribution is -2.00. The van der Waals surface area contributed by atoms with Gasteiger partial charge < -0.3 is 4.57 Å². The van der Waals surface area contributed by atoms with Crippen molar-refractivity contribution in [2.45, 2.75) is 19.9 Å². The predicted octanol–water partition coefficient (Wildman–Crippen LogP) is 3.32. The SMILES string of the molecule is CC(C)n1ccc2c(Cl)nc(Cl)nc21. The van der Waals surface area contributed by atoms with Crippen LogP contribution in [-0.2, 0) is 0 Å². The standard InChI is InChI=1S/C9H9Cl2N3/c1-5(2)14-4-3-6-7(10)12-9(11)13-8(6)14/h3-5H,1-2H3. The fourth-order valence-electron chi connectivity index (χ4n) is 1.39. The van der Waals surface area contributed by atoms with Gasteiger partial charge in [-0.2, -0.15) is 4.98 Å². The molecule has 0 aliphatic carbocycles. The van der Waals surface area contributed by atoms with Crippen LogP contribution in [-0.4, -0.2) is 14.5 Å². The molecule has 14 heavy (non-hydrogen) atoms. The number of aromatic nitrogens is 3. The maximum Gasteiger partial charge on any atom is 0.225 e. The van der Waals surface area contributed by atoms with Crippen LogP contribution in [0, 0.1) is 0 Å². The maximum atomic E-state index is 5.93. The molecule has 0 radical (unpaired) electrons. The molecular weight excluding hydrogens is 221 g/mol. The second kappa shape index (κ2) is 3.41. The summed E-state index contributed by atoms with van der Waals surface area (Å²) in [4.78, 5) is 8.03. The molecule has 0 atom stereocenters. The number of rotatable bonds is 1. The minimum absolute atomic E-state index is 0.183. The maximum absolute atomic E-state index is 5.93. The molecule has 0 saturated heterocycles. The van der Waals surface area contributed by atoms with Crippen LogP contribution in [0.4, 0.5) is 0 Å². The van der Waals surface area contributed by atoms with Gasteiger partial charge in [0.25, 0.3) is 0 Å². The van der Waals surface area contributed by atoms with Gasteiger partial charge in [-0.15, -0.1) is 0 Å². The molecule has 0 aliphatic rings. The molecule has 0 N–H and O–H groups in total. The lowest BCUT2D eigenvalue weighted by Gasteiger charge is -2.08. The average Bonchev–Trinajstić information content (AvgIpc) is 2.47. The molecule has 0 aromatic carbocycles. The minimum atomic E-state index is 0.183. The van der Waals surface area contributed by atoms with E-state index in [4.69, 9.17) is 23.2 Å². The van der Waals surface area contributed by atoms with E-state index in [0.29, 0.717) is 11.2 Å². The number of nitrogens with zero attached hydrogens (tertiary/aromatic N) is 3. The fraction of sp³-hybridized carbons (Fsp3) is 0.333. The van der Waals surface area contributed by atoms with E-state index in [1.165, 1.54) is 0 Å². The molecule has 3 nitrogen and oxygen atoms in total. The number of fused-ring (bicyclic) bond motifs is 1. The molecule has 0 fully saturated rings. The van der Waals surface area contributed by atoms with Crippen molar-refractivity contribution >= 4 is 34.2 Å². The summed E-state index contributed by atoms with van der Waals surface area (Å²) in [5.74, 6) is 0. The summed E-state index contributed by atoms with van der Waals surface area (Å²) in [6.07, 6.45) is 1.94. The predicted molar refractivity (Wildman–Crippen MR) is 57.9 cm³/mol. The second-order valence-electron chi connectivity index (χ2n) is 3.34. The molecule has 2 aromatic rings. The molecule has 0 aliphatic heterocycles. The minimum Gasteiger partial charge on any atom is -0.330 e. The number of hydrogen-bond donors (Lipinski definition) is 0. The molecule has 0 bridgehead atoms. The van der Waals surface area contributed by atoms with E-state index < -0.39 is 0 Å². The molecule has 2 heterocycles. The number of hydrogen-bond acceptors (Lipinski definition) is 2. The van der Waals surface area contributed by atoms with Gasteiger partial charge in [0.2, 0.25) is 5.28 Å². The van der Waals surface area contributed by atoms with E-state index in [0.717, 1.165) is 11.0 Å². The van der Waals surface area contributed by atoms with Crippen molar-refractivity contribution in [1.82, 2.24) is 14.5 Å². The number of halogens is 2. The van der Waals surface area contributed by atoms with Gasteiger partial charge in [0, 0.05) is 12.2 Å². The summed E-state index contributed by atoms with van der Waals surface area (Å²) >= 11 is 11.7. The topological polar surface area (TPSA) is 30.7 Å². The molecule has 0 unspecified atom stereocenters. The largest absolute Gasteiger partial charge is 0.330 e. The van der Waals surface area contributed by atoms with E-state index in [1.807, 2.05) is 16.8 Å². The first-order chi connectivity index (χ1) is 6.59. The third-order valence-corrected chi connectivity index (χ3v) is 2.51. The van der Waals surface area contributed by atoms with Crippen molar-refractivity contribution in [3.63, 3.8) is 0 Å². The first kappa shape index (κ1) is 9.74. The van der Waals surface area contributed by atoms with Crippen molar-refractivity contribution in [2.75, 3.05) is 0 Å². The lowest BCUT2D eigenvalue weighted by molar-refractivity contribution is 0.617. The molecule has 2 aromatic heterocycles. The zero-order valence-electron chi connectivity index (χ0n) is 7.83. The van der Waals surface area contributed by atoms with Crippen LogP contribution in [0.5, 0.6) is 0 Å². The quantitative estimate of drug-likeness (QED) is 0.555. The van der Waals surface area contributed by atoms with Gasteiger partial charge >= 0.3 is 0 Å². The third-order valence-electron chi connectivity index (χ3n) is 2.05. The second-order valence-corrected chi connectivity index (χ2v) is 4.03. The van der Waals surface area contributed by atoms with Crippen molar-refractivity contribution < 1.29 is 0 Å². The Morgan fingerprint density at radius 2 is 2.00 bits per heavy atom. The van der Waals surface area contributed by atoms with Gasteiger partial charge in [-0.3, -0.25) is 0 Å². The van der Waals surface area contributed by atoms with Gasteiger partial charge in [0.1, 0.15) is 10.8 Å². The van der Waals surface area contributed by atoms with Gasteiger partial charge in [-0.1, -0.05) is 11.6 Å². The van der Waals surface area contributed by atoms with Crippen LogP contribution < -0.4 is 0 Å². The lowest BCUT2D eigenvalue weighted by atomic mass is 10.4. The Labute approximate surface area is 91.7 Å². The Kier molecular flexibility index (Phi) is 2.37. The molecule has 74 valence electrons. The van der Waals surface area contributed by atoms with E-state index in [9.17, 15) is 0 Å². The highest BCUT2D eigenvalue weighted by molar-refractivity contribution is 6.35. The molecule has 0 saturated carbocycles. The van der Waals surface area contributed by atoms with E-state index in [-0.39, 0.29) is 5.28 Å². The van der Waals surface area contributed by atoms with Gasteiger partial charge in [-0.25, -0.2) is 4.98 Å². The van der Waals surface area contributed by atoms with Crippen LogP contribution in [0.15, 0.2) is 12.3 Å². The third kappa shape index (κ3) is 1.47. The van der Waals surface area contributed by atoms with Crippen molar-refractivity contribution in [3.8, 4) is 0 Å². The summed E-state index contributed by atoms with van der Waals surface area (Å²) in [7, 11) is 0. The summed E-state index contributed by atoms with van der Waals surface area (Å²) in [6, 6.07) is 2.23. The summed E-state index contributed by atoms with van der Waals surface area (Å²) < 4.78 is 2.01. The van der Waals surface area contributed by atoms with Crippen LogP contribution in [0.2, 0.25) is 10.4 Å². The van der Waals surface area contributed by atoms with E-state index >= 15 is 0 Å². The highest BCUT2D eigenvalue weighted by atomic mass is 35.5. The van der Waals surface area contributed by atoms with E-state index in [2.05, 4.69) is 23.8 Å². The Balaban J connectivity index is 2.78. The Morgan fingerprint density at radius 1 is 1.29 bits per heavy atom. The highest BCUT2D eigenvalue weighted by Crippen LogP contribution is 2.24. The average molecular weight is 230 g/mol. The zero-order valence-corrected chi connectivity index (χ0v) is 9.34. The van der Waals surface area contributed by atoms with Crippen LogP contribution in [0.3, 0.4) is 0 Å². The van der Waals surface area contributed by atoms with Crippen LogP contribution in [0.1, 0.15) is 19.9 Å². The molecular formula is C9H9Cl2N3. The molecule has 0 amide bonds. The van der Waals surface area contributed by atoms with Gasteiger partial charge in [-0.05, 0) is 31.5 Å². The molecule has 0 spiro atoms. The zero-order chi connectivity index (χ0) is 10.3. The molecule has 2 rings (SSSR count). The van der Waals surface area contributed by atoms with Gasteiger partial charge in [0.15, 0.2) is 0 Å². The Hall–Kier alpha value is -0.800. The van der Waals surface area contributed by atoms with Crippen LogP contribution in [0.25, 0.3) is 11.0 Å². The first-order valence-electron chi connectivity index (χ1n) is 4.29. The van der Waals surface area contributed by atoms with E-state index in [1.54, 1.807) is 0 Å². The summed E-state index contributed by atoms with van der Waals surface area (Å²) in [5, 5.41) is 1.42. The first-order valence-corrected chi connectivity index (χ1v) is 5.05. The monoisotopic (exact) mass is 229 g/mol. The van der Waals surface area contributed by atoms with Gasteiger partial charge in [0.05, 0.1) is 5.39 Å². The molecule has 5 heteroatoms. The van der Waals surface area contributed by atoms with Crippen LogP contribution >= 0.6 is 23.2 Å². The highest BCUT2D eigenvalue weighted by Gasteiger charge is 2.10. The van der Waals surface area contributed by atoms with Crippen molar-refractivity contribution in [3.05, 3.63) is 22.7 Å². The Morgan fingerprint density at radius 3 is 2.64 bits per heavy atom. The Bertz CT molecular complexity index is 476. The summed E-state index contributed by atoms with van der Waals surface area (Å²) in [6.45, 7) is 4.15. The fourth-order valence-corrected chi connectivity index (χ4v) is 1.82.